The van der Waals surface area contributed by atoms with Crippen LogP contribution in [0.5, 0.6) is 0 Å². The van der Waals surface area contributed by atoms with Crippen LogP contribution in [-0.4, -0.2) is 37.5 Å². The van der Waals surface area contributed by atoms with E-state index in [1.807, 2.05) is 0 Å². The van der Waals surface area contributed by atoms with E-state index in [4.69, 9.17) is 4.74 Å². The summed E-state index contributed by atoms with van der Waals surface area (Å²) in [6.45, 7) is 5.50. The van der Waals surface area contributed by atoms with E-state index >= 15 is 0 Å². The van der Waals surface area contributed by atoms with Gasteiger partial charge in [-0.25, -0.2) is 0 Å². The Morgan fingerprint density at radius 1 is 1.32 bits per heavy atom. The standard InChI is InChI=1S/C17H24N2O3/c1-12(14-6-8-22-9-7-14)18-11-17(21)19-16-5-3-4-15(10-16)13(2)20/h3-5,10,12,14,18H,6-9,11H2,1-2H3,(H,19,21)/t12-/m0/s1. The van der Waals surface area contributed by atoms with Crippen molar-refractivity contribution >= 4 is 17.4 Å². The maximum absolute atomic E-state index is 12.0. The first kappa shape index (κ1) is 16.6. The van der Waals surface area contributed by atoms with Crippen molar-refractivity contribution in [2.75, 3.05) is 25.1 Å². The number of carbonyl (C=O) groups excluding carboxylic acids is 2. The summed E-state index contributed by atoms with van der Waals surface area (Å²) in [7, 11) is 0. The second kappa shape index (κ2) is 8.06. The van der Waals surface area contributed by atoms with Crippen LogP contribution in [0, 0.1) is 5.92 Å². The normalized spacial score (nSPS) is 17.0. The second-order valence-corrected chi connectivity index (χ2v) is 5.80. The van der Waals surface area contributed by atoms with Crippen molar-refractivity contribution in [3.8, 4) is 0 Å². The van der Waals surface area contributed by atoms with Gasteiger partial charge >= 0.3 is 0 Å². The fraction of sp³-hybridized carbons (Fsp3) is 0.529. The predicted octanol–water partition coefficient (Wildman–Crippen LogP) is 2.23. The van der Waals surface area contributed by atoms with Gasteiger partial charge in [0.15, 0.2) is 5.78 Å². The van der Waals surface area contributed by atoms with E-state index < -0.39 is 0 Å². The summed E-state index contributed by atoms with van der Waals surface area (Å²) in [6, 6.07) is 7.28. The van der Waals surface area contributed by atoms with Crippen LogP contribution >= 0.6 is 0 Å². The smallest absolute Gasteiger partial charge is 0.238 e. The molecule has 1 aliphatic heterocycles. The number of hydrogen-bond donors (Lipinski definition) is 2. The molecular formula is C17H24N2O3. The number of nitrogens with one attached hydrogen (secondary N) is 2. The summed E-state index contributed by atoms with van der Waals surface area (Å²) < 4.78 is 5.35. The van der Waals surface area contributed by atoms with Crippen molar-refractivity contribution < 1.29 is 14.3 Å². The number of ketones is 1. The van der Waals surface area contributed by atoms with Crippen LogP contribution in [0.1, 0.15) is 37.0 Å². The lowest BCUT2D eigenvalue weighted by Crippen LogP contribution is -2.40. The van der Waals surface area contributed by atoms with Crippen LogP contribution in [0.25, 0.3) is 0 Å². The molecule has 0 aliphatic carbocycles. The fourth-order valence-electron chi connectivity index (χ4n) is 2.66. The molecule has 5 heteroatoms. The lowest BCUT2D eigenvalue weighted by atomic mass is 9.93. The van der Waals surface area contributed by atoms with Crippen LogP contribution in [0.3, 0.4) is 0 Å². The molecule has 2 N–H and O–H groups in total. The van der Waals surface area contributed by atoms with Crippen molar-refractivity contribution in [1.82, 2.24) is 5.32 Å². The highest BCUT2D eigenvalue weighted by Crippen LogP contribution is 2.18. The summed E-state index contributed by atoms with van der Waals surface area (Å²) in [6.07, 6.45) is 2.08. The summed E-state index contributed by atoms with van der Waals surface area (Å²) >= 11 is 0. The van der Waals surface area contributed by atoms with Gasteiger partial charge in [0.2, 0.25) is 5.91 Å². The molecule has 2 rings (SSSR count). The monoisotopic (exact) mass is 304 g/mol. The van der Waals surface area contributed by atoms with Crippen LogP contribution in [0.4, 0.5) is 5.69 Å². The van der Waals surface area contributed by atoms with Crippen LogP contribution in [-0.2, 0) is 9.53 Å². The molecule has 1 fully saturated rings. The van der Waals surface area contributed by atoms with E-state index in [9.17, 15) is 9.59 Å². The van der Waals surface area contributed by atoms with Crippen molar-refractivity contribution in [2.24, 2.45) is 5.92 Å². The van der Waals surface area contributed by atoms with Crippen LogP contribution < -0.4 is 10.6 Å². The molecule has 0 radical (unpaired) electrons. The fourth-order valence-corrected chi connectivity index (χ4v) is 2.66. The molecule has 1 saturated heterocycles. The zero-order chi connectivity index (χ0) is 15.9. The molecule has 22 heavy (non-hydrogen) atoms. The Kier molecular flexibility index (Phi) is 6.10. The average Bonchev–Trinajstić information content (AvgIpc) is 2.53. The van der Waals surface area contributed by atoms with Gasteiger partial charge in [-0.3, -0.25) is 9.59 Å². The Hall–Kier alpha value is -1.72. The van der Waals surface area contributed by atoms with Gasteiger partial charge in [-0.05, 0) is 44.7 Å². The van der Waals surface area contributed by atoms with E-state index in [0.29, 0.717) is 23.2 Å². The third kappa shape index (κ3) is 4.93. The van der Waals surface area contributed by atoms with E-state index in [-0.39, 0.29) is 18.2 Å². The van der Waals surface area contributed by atoms with Gasteiger partial charge in [-0.15, -0.1) is 0 Å². The van der Waals surface area contributed by atoms with Gasteiger partial charge in [0, 0.05) is 30.5 Å². The van der Waals surface area contributed by atoms with Gasteiger partial charge in [0.05, 0.1) is 6.54 Å². The minimum Gasteiger partial charge on any atom is -0.381 e. The Balaban J connectivity index is 1.80. The Morgan fingerprint density at radius 2 is 2.05 bits per heavy atom. The number of carbonyl (C=O) groups is 2. The number of ether oxygens (including phenoxy) is 1. The minimum absolute atomic E-state index is 0.0117. The number of anilines is 1. The highest BCUT2D eigenvalue weighted by molar-refractivity contribution is 5.97. The molecule has 1 aromatic carbocycles. The first-order valence-electron chi connectivity index (χ1n) is 7.78. The number of hydrogen-bond acceptors (Lipinski definition) is 4. The first-order valence-corrected chi connectivity index (χ1v) is 7.78. The molecule has 1 aromatic rings. The van der Waals surface area contributed by atoms with Crippen LogP contribution in [0.15, 0.2) is 24.3 Å². The number of rotatable bonds is 6. The van der Waals surface area contributed by atoms with Crippen molar-refractivity contribution in [2.45, 2.75) is 32.7 Å². The predicted molar refractivity (Wildman–Crippen MR) is 86.1 cm³/mol. The summed E-state index contributed by atoms with van der Waals surface area (Å²) in [5.74, 6) is 0.449. The van der Waals surface area contributed by atoms with Gasteiger partial charge < -0.3 is 15.4 Å². The van der Waals surface area contributed by atoms with E-state index in [2.05, 4.69) is 17.6 Å². The SMILES string of the molecule is CC(=O)c1cccc(NC(=O)CN[C@@H](C)C2CCOCC2)c1. The van der Waals surface area contributed by atoms with Crippen molar-refractivity contribution in [1.29, 1.82) is 0 Å². The third-order valence-corrected chi connectivity index (χ3v) is 4.11. The lowest BCUT2D eigenvalue weighted by molar-refractivity contribution is -0.115. The maximum atomic E-state index is 12.0. The molecule has 1 aliphatic rings. The van der Waals surface area contributed by atoms with Gasteiger partial charge in [0.1, 0.15) is 0 Å². The number of amides is 1. The Labute approximate surface area is 131 Å². The van der Waals surface area contributed by atoms with Crippen LogP contribution in [0.2, 0.25) is 0 Å². The zero-order valence-corrected chi connectivity index (χ0v) is 13.2. The maximum Gasteiger partial charge on any atom is 0.238 e. The summed E-state index contributed by atoms with van der Waals surface area (Å²) in [5, 5.41) is 6.09. The molecule has 0 aromatic heterocycles. The Morgan fingerprint density at radius 3 is 2.73 bits per heavy atom. The minimum atomic E-state index is -0.0976. The van der Waals surface area contributed by atoms with E-state index in [1.54, 1.807) is 24.3 Å². The Bertz CT molecular complexity index is 524. The van der Waals surface area contributed by atoms with Crippen molar-refractivity contribution in [3.05, 3.63) is 29.8 Å². The molecule has 0 saturated carbocycles. The molecule has 0 bridgehead atoms. The molecule has 0 spiro atoms. The molecule has 120 valence electrons. The number of Topliss-reactive ketones (excluding diaryl/α,β-unsaturated/α-hetero) is 1. The topological polar surface area (TPSA) is 67.4 Å². The summed E-state index contributed by atoms with van der Waals surface area (Å²) in [4.78, 5) is 23.3. The highest BCUT2D eigenvalue weighted by atomic mass is 16.5. The van der Waals surface area contributed by atoms with Crippen molar-refractivity contribution in [3.63, 3.8) is 0 Å². The molecular weight excluding hydrogens is 280 g/mol. The summed E-state index contributed by atoms with van der Waals surface area (Å²) in [5.41, 5.74) is 1.25. The van der Waals surface area contributed by atoms with Gasteiger partial charge in [-0.2, -0.15) is 0 Å². The van der Waals surface area contributed by atoms with E-state index in [0.717, 1.165) is 26.1 Å². The molecule has 1 heterocycles. The third-order valence-electron chi connectivity index (χ3n) is 4.11. The zero-order valence-electron chi connectivity index (χ0n) is 13.2. The molecule has 5 nitrogen and oxygen atoms in total. The average molecular weight is 304 g/mol. The van der Waals surface area contributed by atoms with Gasteiger partial charge in [0.25, 0.3) is 0 Å². The quantitative estimate of drug-likeness (QED) is 0.791. The lowest BCUT2D eigenvalue weighted by Gasteiger charge is -2.28. The van der Waals surface area contributed by atoms with E-state index in [1.165, 1.54) is 6.92 Å². The first-order chi connectivity index (χ1) is 10.6. The second-order valence-electron chi connectivity index (χ2n) is 5.80. The highest BCUT2D eigenvalue weighted by Gasteiger charge is 2.20. The molecule has 1 atom stereocenters. The largest absolute Gasteiger partial charge is 0.381 e. The molecule has 1 amide bonds. The molecule has 0 unspecified atom stereocenters. The number of benzene rings is 1. The van der Waals surface area contributed by atoms with Gasteiger partial charge in [-0.1, -0.05) is 12.1 Å².